The van der Waals surface area contributed by atoms with E-state index in [9.17, 15) is 0 Å². The molecule has 0 aliphatic carbocycles. The van der Waals surface area contributed by atoms with Gasteiger partial charge in [-0.2, -0.15) is 0 Å². The van der Waals surface area contributed by atoms with E-state index in [1.807, 2.05) is 0 Å². The smallest absolute Gasteiger partial charge is 0.0331 e. The molecule has 0 saturated carbocycles. The first-order chi connectivity index (χ1) is 6.27. The molecule has 1 aromatic rings. The normalized spacial score (nSPS) is 22.2. The van der Waals surface area contributed by atoms with E-state index in [2.05, 4.69) is 68.7 Å². The summed E-state index contributed by atoms with van der Waals surface area (Å²) >= 11 is 4.80. The lowest BCUT2D eigenvalue weighted by Gasteiger charge is -2.12. The zero-order chi connectivity index (χ0) is 9.26. The summed E-state index contributed by atoms with van der Waals surface area (Å²) in [6.45, 7) is 1.17. The molecule has 1 N–H and O–H groups in total. The van der Waals surface area contributed by atoms with Crippen LogP contribution in [0.3, 0.4) is 0 Å². The molecule has 1 saturated heterocycles. The molecule has 0 spiro atoms. The van der Waals surface area contributed by atoms with Gasteiger partial charge in [-0.25, -0.2) is 0 Å². The molecule has 1 heterocycles. The molecule has 0 radical (unpaired) electrons. The molecule has 13 heavy (non-hydrogen) atoms. The number of nitrogens with one attached hydrogen (secondary N) is 1. The molecule has 1 fully saturated rings. The Hall–Kier alpha value is 0.640. The minimum Gasteiger partial charge on any atom is -0.310 e. The van der Waals surface area contributed by atoms with Crippen molar-refractivity contribution in [2.45, 2.75) is 18.9 Å². The van der Waals surface area contributed by atoms with Crippen LogP contribution in [-0.2, 0) is 0 Å². The Morgan fingerprint density at radius 1 is 1.31 bits per heavy atom. The van der Waals surface area contributed by atoms with Crippen LogP contribution in [0.1, 0.15) is 24.4 Å². The van der Waals surface area contributed by atoms with Crippen LogP contribution < -0.4 is 5.32 Å². The SMILES string of the molecule is Ic1ccc(I)c([C@@H]2CCCN2)c1. The topological polar surface area (TPSA) is 12.0 Å². The first kappa shape index (κ1) is 10.2. The number of hydrogen-bond acceptors (Lipinski definition) is 1. The zero-order valence-corrected chi connectivity index (χ0v) is 11.5. The van der Waals surface area contributed by atoms with Gasteiger partial charge in [0.05, 0.1) is 0 Å². The van der Waals surface area contributed by atoms with Crippen molar-refractivity contribution in [3.63, 3.8) is 0 Å². The zero-order valence-electron chi connectivity index (χ0n) is 7.19. The average Bonchev–Trinajstić information content (AvgIpc) is 2.61. The van der Waals surface area contributed by atoms with E-state index in [1.165, 1.54) is 32.1 Å². The van der Waals surface area contributed by atoms with Gasteiger partial charge in [0.25, 0.3) is 0 Å². The lowest BCUT2D eigenvalue weighted by Crippen LogP contribution is -2.14. The van der Waals surface area contributed by atoms with Gasteiger partial charge >= 0.3 is 0 Å². The van der Waals surface area contributed by atoms with Gasteiger partial charge < -0.3 is 5.32 Å². The van der Waals surface area contributed by atoms with Crippen molar-refractivity contribution in [2.75, 3.05) is 6.54 Å². The summed E-state index contributed by atoms with van der Waals surface area (Å²) in [5, 5.41) is 3.53. The summed E-state index contributed by atoms with van der Waals surface area (Å²) in [7, 11) is 0. The van der Waals surface area contributed by atoms with Crippen LogP contribution in [0, 0.1) is 7.14 Å². The summed E-state index contributed by atoms with van der Waals surface area (Å²) in [5.74, 6) is 0. The molecular formula is C10H11I2N. The lowest BCUT2D eigenvalue weighted by molar-refractivity contribution is 0.644. The fraction of sp³-hybridized carbons (Fsp3) is 0.400. The summed E-state index contributed by atoms with van der Waals surface area (Å²) in [6.07, 6.45) is 2.60. The standard InChI is InChI=1S/C10H11I2N/c11-7-3-4-9(12)8(6-7)10-2-1-5-13-10/h3-4,6,10,13H,1-2,5H2/t10-/m0/s1. The van der Waals surface area contributed by atoms with Crippen LogP contribution in [0.2, 0.25) is 0 Å². The molecule has 1 atom stereocenters. The molecule has 1 aliphatic heterocycles. The fourth-order valence-electron chi connectivity index (χ4n) is 1.73. The second-order valence-electron chi connectivity index (χ2n) is 3.31. The van der Waals surface area contributed by atoms with Crippen molar-refractivity contribution in [2.24, 2.45) is 0 Å². The van der Waals surface area contributed by atoms with Gasteiger partial charge in [-0.15, -0.1) is 0 Å². The van der Waals surface area contributed by atoms with Crippen LogP contribution in [0.25, 0.3) is 0 Å². The van der Waals surface area contributed by atoms with Crippen molar-refractivity contribution in [1.82, 2.24) is 5.32 Å². The van der Waals surface area contributed by atoms with E-state index in [-0.39, 0.29) is 0 Å². The summed E-state index contributed by atoms with van der Waals surface area (Å²) < 4.78 is 2.72. The third-order valence-corrected chi connectivity index (χ3v) is 4.05. The summed E-state index contributed by atoms with van der Waals surface area (Å²) in [6, 6.07) is 7.27. The Kier molecular flexibility index (Phi) is 3.47. The average molecular weight is 399 g/mol. The minimum absolute atomic E-state index is 0.599. The number of rotatable bonds is 1. The monoisotopic (exact) mass is 399 g/mol. The Labute approximate surface area is 106 Å². The van der Waals surface area contributed by atoms with E-state index in [0.29, 0.717) is 6.04 Å². The first-order valence-electron chi connectivity index (χ1n) is 4.46. The summed E-state index contributed by atoms with van der Waals surface area (Å²) in [4.78, 5) is 0. The molecular weight excluding hydrogens is 388 g/mol. The maximum absolute atomic E-state index is 3.53. The third kappa shape index (κ3) is 2.36. The highest BCUT2D eigenvalue weighted by atomic mass is 127. The molecule has 0 aromatic heterocycles. The number of benzene rings is 1. The second kappa shape index (κ2) is 4.44. The Balaban J connectivity index is 2.32. The number of hydrogen-bond donors (Lipinski definition) is 1. The van der Waals surface area contributed by atoms with Gasteiger partial charge in [0.1, 0.15) is 0 Å². The predicted molar refractivity (Wildman–Crippen MR) is 71.9 cm³/mol. The van der Waals surface area contributed by atoms with E-state index >= 15 is 0 Å². The van der Waals surface area contributed by atoms with E-state index in [0.717, 1.165) is 0 Å². The minimum atomic E-state index is 0.599. The van der Waals surface area contributed by atoms with E-state index in [4.69, 9.17) is 0 Å². The number of halogens is 2. The molecule has 1 aromatic carbocycles. The molecule has 0 bridgehead atoms. The third-order valence-electron chi connectivity index (χ3n) is 2.39. The van der Waals surface area contributed by atoms with Crippen LogP contribution in [-0.4, -0.2) is 6.54 Å². The van der Waals surface area contributed by atoms with Crippen LogP contribution in [0.5, 0.6) is 0 Å². The molecule has 0 unspecified atom stereocenters. The second-order valence-corrected chi connectivity index (χ2v) is 5.72. The fourth-order valence-corrected chi connectivity index (χ4v) is 2.96. The van der Waals surface area contributed by atoms with Crippen molar-refractivity contribution in [3.8, 4) is 0 Å². The van der Waals surface area contributed by atoms with Gasteiger partial charge in [0.2, 0.25) is 0 Å². The van der Waals surface area contributed by atoms with Gasteiger partial charge in [-0.05, 0) is 88.3 Å². The Morgan fingerprint density at radius 2 is 2.15 bits per heavy atom. The highest BCUT2D eigenvalue weighted by Gasteiger charge is 2.18. The van der Waals surface area contributed by atoms with Crippen molar-refractivity contribution in [3.05, 3.63) is 30.9 Å². The van der Waals surface area contributed by atoms with Crippen molar-refractivity contribution >= 4 is 45.2 Å². The highest BCUT2D eigenvalue weighted by Crippen LogP contribution is 2.28. The molecule has 1 nitrogen and oxygen atoms in total. The van der Waals surface area contributed by atoms with Crippen molar-refractivity contribution < 1.29 is 0 Å². The maximum Gasteiger partial charge on any atom is 0.0331 e. The largest absolute Gasteiger partial charge is 0.310 e. The first-order valence-corrected chi connectivity index (χ1v) is 6.61. The van der Waals surface area contributed by atoms with Gasteiger partial charge in [-0.1, -0.05) is 0 Å². The quantitative estimate of drug-likeness (QED) is 0.715. The van der Waals surface area contributed by atoms with Crippen LogP contribution in [0.15, 0.2) is 18.2 Å². The molecule has 0 amide bonds. The van der Waals surface area contributed by atoms with Crippen LogP contribution in [0.4, 0.5) is 0 Å². The molecule has 1 aliphatic rings. The van der Waals surface area contributed by atoms with Gasteiger partial charge in [0.15, 0.2) is 0 Å². The van der Waals surface area contributed by atoms with Gasteiger partial charge in [0, 0.05) is 13.2 Å². The van der Waals surface area contributed by atoms with Gasteiger partial charge in [-0.3, -0.25) is 0 Å². The summed E-state index contributed by atoms with van der Waals surface area (Å²) in [5.41, 5.74) is 1.48. The van der Waals surface area contributed by atoms with Crippen molar-refractivity contribution in [1.29, 1.82) is 0 Å². The van der Waals surface area contributed by atoms with Crippen LogP contribution >= 0.6 is 45.2 Å². The Morgan fingerprint density at radius 3 is 2.85 bits per heavy atom. The molecule has 3 heteroatoms. The predicted octanol–water partition coefficient (Wildman–Crippen LogP) is 3.32. The highest BCUT2D eigenvalue weighted by molar-refractivity contribution is 14.1. The van der Waals surface area contributed by atoms with E-state index in [1.54, 1.807) is 0 Å². The molecule has 2 rings (SSSR count). The Bertz CT molecular complexity index is 306. The lowest BCUT2D eigenvalue weighted by atomic mass is 10.1. The molecule has 70 valence electrons. The van der Waals surface area contributed by atoms with E-state index < -0.39 is 0 Å². The maximum atomic E-state index is 3.53.